The van der Waals surface area contributed by atoms with Crippen molar-refractivity contribution >= 4 is 11.3 Å². The zero-order valence-corrected chi connectivity index (χ0v) is 12.1. The van der Waals surface area contributed by atoms with Gasteiger partial charge in [-0.25, -0.2) is 9.97 Å². The Labute approximate surface area is 112 Å². The van der Waals surface area contributed by atoms with E-state index < -0.39 is 0 Å². The summed E-state index contributed by atoms with van der Waals surface area (Å²) in [6.45, 7) is 7.25. The van der Waals surface area contributed by atoms with Gasteiger partial charge >= 0.3 is 0 Å². The molecule has 0 spiro atoms. The summed E-state index contributed by atoms with van der Waals surface area (Å²) >= 11 is 1.81. The number of rotatable bonds is 2. The maximum atomic E-state index is 4.72. The van der Waals surface area contributed by atoms with Crippen molar-refractivity contribution in [1.82, 2.24) is 14.5 Å². The Morgan fingerprint density at radius 1 is 1.11 bits per heavy atom. The third-order valence-corrected chi connectivity index (χ3v) is 4.85. The molecule has 1 aliphatic rings. The Morgan fingerprint density at radius 3 is 2.61 bits per heavy atom. The molecule has 1 aliphatic carbocycles. The van der Waals surface area contributed by atoms with Crippen LogP contribution in [-0.2, 0) is 19.4 Å². The van der Waals surface area contributed by atoms with Crippen molar-refractivity contribution in [3.8, 4) is 0 Å². The van der Waals surface area contributed by atoms with Gasteiger partial charge in [-0.15, -0.1) is 11.3 Å². The maximum Gasteiger partial charge on any atom is 0.113 e. The molecule has 0 saturated carbocycles. The van der Waals surface area contributed by atoms with E-state index in [0.717, 1.165) is 18.8 Å². The van der Waals surface area contributed by atoms with Crippen LogP contribution in [0.5, 0.6) is 0 Å². The highest BCUT2D eigenvalue weighted by Crippen LogP contribution is 2.24. The van der Waals surface area contributed by atoms with Crippen molar-refractivity contribution in [2.45, 2.75) is 53.0 Å². The number of fused-ring (bicyclic) bond motifs is 1. The molecular formula is C14H19N3S. The van der Waals surface area contributed by atoms with E-state index >= 15 is 0 Å². The molecule has 0 fully saturated rings. The summed E-state index contributed by atoms with van der Waals surface area (Å²) in [6.07, 6.45) is 4.92. The summed E-state index contributed by atoms with van der Waals surface area (Å²) in [5.74, 6) is 1.15. The molecule has 0 aliphatic heterocycles. The summed E-state index contributed by atoms with van der Waals surface area (Å²) in [4.78, 5) is 10.7. The van der Waals surface area contributed by atoms with E-state index in [-0.39, 0.29) is 0 Å². The number of hydrogen-bond acceptors (Lipinski definition) is 3. The summed E-state index contributed by atoms with van der Waals surface area (Å²) in [5, 5.41) is 1.21. The van der Waals surface area contributed by atoms with Gasteiger partial charge in [0.15, 0.2) is 0 Å². The minimum atomic E-state index is 0.896. The first-order valence-electron chi connectivity index (χ1n) is 6.63. The average Bonchev–Trinajstić information content (AvgIpc) is 2.82. The normalized spacial score (nSPS) is 14.8. The van der Waals surface area contributed by atoms with Crippen LogP contribution in [0, 0.1) is 20.8 Å². The van der Waals surface area contributed by atoms with Crippen LogP contribution in [0.25, 0.3) is 0 Å². The SMILES string of the molecule is Cc1nc(Cn2c(C)nc3c2CCCC3)sc1C. The smallest absolute Gasteiger partial charge is 0.113 e. The molecule has 0 amide bonds. The molecule has 0 aromatic carbocycles. The van der Waals surface area contributed by atoms with Gasteiger partial charge in [0.25, 0.3) is 0 Å². The summed E-state index contributed by atoms with van der Waals surface area (Å²) in [6, 6.07) is 0. The van der Waals surface area contributed by atoms with Crippen LogP contribution in [0.4, 0.5) is 0 Å². The number of thiazole rings is 1. The quantitative estimate of drug-likeness (QED) is 0.831. The van der Waals surface area contributed by atoms with Crippen LogP contribution < -0.4 is 0 Å². The molecular weight excluding hydrogens is 242 g/mol. The molecule has 2 aromatic rings. The first kappa shape index (κ1) is 11.9. The van der Waals surface area contributed by atoms with E-state index in [1.165, 1.54) is 46.2 Å². The van der Waals surface area contributed by atoms with Crippen molar-refractivity contribution < 1.29 is 0 Å². The molecule has 4 heteroatoms. The molecule has 0 N–H and O–H groups in total. The number of aromatic nitrogens is 3. The average molecular weight is 261 g/mol. The Balaban J connectivity index is 1.94. The molecule has 2 aromatic heterocycles. The third-order valence-electron chi connectivity index (χ3n) is 3.79. The fraction of sp³-hybridized carbons (Fsp3) is 0.571. The van der Waals surface area contributed by atoms with E-state index in [9.17, 15) is 0 Å². The Morgan fingerprint density at radius 2 is 1.89 bits per heavy atom. The molecule has 0 atom stereocenters. The lowest BCUT2D eigenvalue weighted by atomic mass is 10.0. The predicted molar refractivity (Wildman–Crippen MR) is 74.3 cm³/mol. The van der Waals surface area contributed by atoms with Crippen LogP contribution in [0.15, 0.2) is 0 Å². The number of imidazole rings is 1. The van der Waals surface area contributed by atoms with E-state index in [0.29, 0.717) is 0 Å². The van der Waals surface area contributed by atoms with Crippen LogP contribution in [0.1, 0.15) is 45.6 Å². The van der Waals surface area contributed by atoms with Gasteiger partial charge in [-0.3, -0.25) is 0 Å². The van der Waals surface area contributed by atoms with Gasteiger partial charge in [0.2, 0.25) is 0 Å². The van der Waals surface area contributed by atoms with Crippen LogP contribution in [0.3, 0.4) is 0 Å². The molecule has 3 nitrogen and oxygen atoms in total. The molecule has 0 saturated heterocycles. The number of nitrogens with zero attached hydrogens (tertiary/aromatic N) is 3. The van der Waals surface area contributed by atoms with E-state index in [1.807, 2.05) is 11.3 Å². The van der Waals surface area contributed by atoms with Gasteiger partial charge in [0.05, 0.1) is 17.9 Å². The Kier molecular flexibility index (Phi) is 2.98. The summed E-state index contributed by atoms with van der Waals surface area (Å²) in [7, 11) is 0. The topological polar surface area (TPSA) is 30.7 Å². The lowest BCUT2D eigenvalue weighted by Gasteiger charge is -2.13. The molecule has 18 heavy (non-hydrogen) atoms. The van der Waals surface area contributed by atoms with Crippen molar-refractivity contribution in [1.29, 1.82) is 0 Å². The molecule has 3 rings (SSSR count). The fourth-order valence-corrected chi connectivity index (χ4v) is 3.61. The minimum Gasteiger partial charge on any atom is -0.325 e. The predicted octanol–water partition coefficient (Wildman–Crippen LogP) is 3.19. The van der Waals surface area contributed by atoms with Crippen molar-refractivity contribution in [3.63, 3.8) is 0 Å². The Bertz CT molecular complexity index is 561. The number of hydrogen-bond donors (Lipinski definition) is 0. The van der Waals surface area contributed by atoms with E-state index in [2.05, 4.69) is 30.3 Å². The largest absolute Gasteiger partial charge is 0.325 e. The summed E-state index contributed by atoms with van der Waals surface area (Å²) in [5.41, 5.74) is 3.94. The lowest BCUT2D eigenvalue weighted by molar-refractivity contribution is 0.623. The van der Waals surface area contributed by atoms with E-state index in [4.69, 9.17) is 4.98 Å². The first-order chi connectivity index (χ1) is 8.65. The maximum absolute atomic E-state index is 4.72. The highest BCUT2D eigenvalue weighted by molar-refractivity contribution is 7.11. The van der Waals surface area contributed by atoms with E-state index in [1.54, 1.807) is 0 Å². The monoisotopic (exact) mass is 261 g/mol. The molecule has 2 heterocycles. The lowest BCUT2D eigenvalue weighted by Crippen LogP contribution is -2.10. The standard InChI is InChI=1S/C14H19N3S/c1-9-10(2)18-14(15-9)8-17-11(3)16-12-6-4-5-7-13(12)17/h4-8H2,1-3H3. The highest BCUT2D eigenvalue weighted by Gasteiger charge is 2.18. The molecule has 0 unspecified atom stereocenters. The molecule has 0 radical (unpaired) electrons. The Hall–Kier alpha value is -1.16. The number of aryl methyl sites for hydroxylation is 4. The zero-order valence-electron chi connectivity index (χ0n) is 11.3. The van der Waals surface area contributed by atoms with Crippen LogP contribution >= 0.6 is 11.3 Å². The van der Waals surface area contributed by atoms with Crippen LogP contribution in [-0.4, -0.2) is 14.5 Å². The van der Waals surface area contributed by atoms with Gasteiger partial charge in [-0.1, -0.05) is 0 Å². The van der Waals surface area contributed by atoms with Gasteiger partial charge < -0.3 is 4.57 Å². The summed E-state index contributed by atoms with van der Waals surface area (Å²) < 4.78 is 2.37. The first-order valence-corrected chi connectivity index (χ1v) is 7.44. The zero-order chi connectivity index (χ0) is 12.7. The van der Waals surface area contributed by atoms with Gasteiger partial charge in [-0.2, -0.15) is 0 Å². The minimum absolute atomic E-state index is 0.896. The highest BCUT2D eigenvalue weighted by atomic mass is 32.1. The van der Waals surface area contributed by atoms with Crippen molar-refractivity contribution in [2.75, 3.05) is 0 Å². The second-order valence-electron chi connectivity index (χ2n) is 5.09. The van der Waals surface area contributed by atoms with Gasteiger partial charge in [0.1, 0.15) is 10.8 Å². The second-order valence-corrected chi connectivity index (χ2v) is 6.38. The van der Waals surface area contributed by atoms with Gasteiger partial charge in [0, 0.05) is 10.6 Å². The van der Waals surface area contributed by atoms with Crippen LogP contribution in [0.2, 0.25) is 0 Å². The van der Waals surface area contributed by atoms with Gasteiger partial charge in [-0.05, 0) is 46.5 Å². The van der Waals surface area contributed by atoms with Crippen molar-refractivity contribution in [2.24, 2.45) is 0 Å². The fourth-order valence-electron chi connectivity index (χ4n) is 2.69. The van der Waals surface area contributed by atoms with Crippen molar-refractivity contribution in [3.05, 3.63) is 32.8 Å². The molecule has 96 valence electrons. The third kappa shape index (κ3) is 1.99. The molecule has 0 bridgehead atoms. The second kappa shape index (κ2) is 4.50.